The van der Waals surface area contributed by atoms with Crippen LogP contribution in [-0.4, -0.2) is 30.6 Å². The third-order valence-corrected chi connectivity index (χ3v) is 3.08. The standard InChI is InChI=1S/C13H17N3/c1-11-9-15-5-6-16(11)10-13-4-2-3-12(7-13)8-14/h2-4,7,11,15H,5-6,9-10H2,1H3/t11-/m0/s1. The number of hydrogen-bond acceptors (Lipinski definition) is 3. The molecule has 1 atom stereocenters. The van der Waals surface area contributed by atoms with Crippen molar-refractivity contribution in [3.8, 4) is 6.07 Å². The van der Waals surface area contributed by atoms with Crippen molar-refractivity contribution in [2.24, 2.45) is 0 Å². The highest BCUT2D eigenvalue weighted by molar-refractivity contribution is 5.32. The molecule has 1 fully saturated rings. The molecule has 0 bridgehead atoms. The summed E-state index contributed by atoms with van der Waals surface area (Å²) in [6, 6.07) is 10.6. The number of nitriles is 1. The molecule has 0 spiro atoms. The molecule has 0 radical (unpaired) electrons. The average Bonchev–Trinajstić information content (AvgIpc) is 2.32. The van der Waals surface area contributed by atoms with Crippen molar-refractivity contribution in [1.29, 1.82) is 5.26 Å². The van der Waals surface area contributed by atoms with Gasteiger partial charge in [-0.25, -0.2) is 0 Å². The Morgan fingerprint density at radius 3 is 3.19 bits per heavy atom. The lowest BCUT2D eigenvalue weighted by atomic mass is 10.1. The van der Waals surface area contributed by atoms with Gasteiger partial charge in [-0.1, -0.05) is 12.1 Å². The molecule has 3 heteroatoms. The van der Waals surface area contributed by atoms with Crippen molar-refractivity contribution in [2.75, 3.05) is 19.6 Å². The summed E-state index contributed by atoms with van der Waals surface area (Å²) in [6.07, 6.45) is 0. The highest BCUT2D eigenvalue weighted by atomic mass is 15.2. The summed E-state index contributed by atoms with van der Waals surface area (Å²) in [5.41, 5.74) is 1.98. The molecular weight excluding hydrogens is 198 g/mol. The molecule has 1 aromatic carbocycles. The number of nitrogens with one attached hydrogen (secondary N) is 1. The molecule has 2 rings (SSSR count). The van der Waals surface area contributed by atoms with Crippen LogP contribution in [0, 0.1) is 11.3 Å². The lowest BCUT2D eigenvalue weighted by Gasteiger charge is -2.33. The maximum Gasteiger partial charge on any atom is 0.0991 e. The SMILES string of the molecule is C[C@H]1CNCCN1Cc1cccc(C#N)c1. The zero-order chi connectivity index (χ0) is 11.4. The number of piperazine rings is 1. The second-order valence-corrected chi connectivity index (χ2v) is 4.34. The van der Waals surface area contributed by atoms with Gasteiger partial charge in [-0.15, -0.1) is 0 Å². The van der Waals surface area contributed by atoms with E-state index in [2.05, 4.69) is 29.3 Å². The Morgan fingerprint density at radius 1 is 1.56 bits per heavy atom. The van der Waals surface area contributed by atoms with Crippen LogP contribution >= 0.6 is 0 Å². The van der Waals surface area contributed by atoms with Crippen LogP contribution in [0.3, 0.4) is 0 Å². The predicted molar refractivity (Wildman–Crippen MR) is 63.9 cm³/mol. The maximum atomic E-state index is 8.85. The predicted octanol–water partition coefficient (Wildman–Crippen LogP) is 1.35. The fraction of sp³-hybridized carbons (Fsp3) is 0.462. The van der Waals surface area contributed by atoms with Crippen LogP contribution in [0.2, 0.25) is 0 Å². The van der Waals surface area contributed by atoms with Gasteiger partial charge in [0.25, 0.3) is 0 Å². The van der Waals surface area contributed by atoms with Gasteiger partial charge in [0.15, 0.2) is 0 Å². The lowest BCUT2D eigenvalue weighted by Crippen LogP contribution is -2.49. The highest BCUT2D eigenvalue weighted by Gasteiger charge is 2.17. The summed E-state index contributed by atoms with van der Waals surface area (Å²) >= 11 is 0. The average molecular weight is 215 g/mol. The van der Waals surface area contributed by atoms with E-state index in [1.54, 1.807) is 0 Å². The van der Waals surface area contributed by atoms with Crippen molar-refractivity contribution in [1.82, 2.24) is 10.2 Å². The van der Waals surface area contributed by atoms with Gasteiger partial charge in [-0.3, -0.25) is 4.90 Å². The Balaban J connectivity index is 2.05. The quantitative estimate of drug-likeness (QED) is 0.809. The van der Waals surface area contributed by atoms with E-state index in [0.29, 0.717) is 6.04 Å². The van der Waals surface area contributed by atoms with Crippen LogP contribution in [0.15, 0.2) is 24.3 Å². The van der Waals surface area contributed by atoms with Gasteiger partial charge in [0.2, 0.25) is 0 Å². The summed E-state index contributed by atoms with van der Waals surface area (Å²) in [5.74, 6) is 0. The van der Waals surface area contributed by atoms with Gasteiger partial charge in [0.1, 0.15) is 0 Å². The second-order valence-electron chi connectivity index (χ2n) is 4.34. The Labute approximate surface area is 96.7 Å². The largest absolute Gasteiger partial charge is 0.314 e. The minimum absolute atomic E-state index is 0.569. The molecule has 0 aromatic heterocycles. The van der Waals surface area contributed by atoms with Crippen molar-refractivity contribution in [2.45, 2.75) is 19.5 Å². The molecule has 1 heterocycles. The third-order valence-electron chi connectivity index (χ3n) is 3.08. The zero-order valence-electron chi connectivity index (χ0n) is 9.61. The Hall–Kier alpha value is -1.37. The summed E-state index contributed by atoms with van der Waals surface area (Å²) in [6.45, 7) is 6.37. The molecule has 0 saturated carbocycles. The summed E-state index contributed by atoms with van der Waals surface area (Å²) in [4.78, 5) is 2.45. The molecule has 0 amide bonds. The first kappa shape index (κ1) is 11.1. The first-order valence-corrected chi connectivity index (χ1v) is 5.73. The second kappa shape index (κ2) is 5.11. The van der Waals surface area contributed by atoms with E-state index in [9.17, 15) is 0 Å². The van der Waals surface area contributed by atoms with Crippen LogP contribution in [0.1, 0.15) is 18.1 Å². The summed E-state index contributed by atoms with van der Waals surface area (Å²) in [7, 11) is 0. The number of benzene rings is 1. The molecule has 1 aliphatic heterocycles. The van der Waals surface area contributed by atoms with Crippen molar-refractivity contribution < 1.29 is 0 Å². The van der Waals surface area contributed by atoms with E-state index in [4.69, 9.17) is 5.26 Å². The van der Waals surface area contributed by atoms with E-state index in [-0.39, 0.29) is 0 Å². The van der Waals surface area contributed by atoms with Crippen LogP contribution < -0.4 is 5.32 Å². The third kappa shape index (κ3) is 2.60. The van der Waals surface area contributed by atoms with E-state index in [0.717, 1.165) is 31.7 Å². The summed E-state index contributed by atoms with van der Waals surface area (Å²) in [5, 5.41) is 12.2. The zero-order valence-corrected chi connectivity index (χ0v) is 9.61. The number of rotatable bonds is 2. The molecule has 1 aromatic rings. The van der Waals surface area contributed by atoms with Gasteiger partial charge in [-0.2, -0.15) is 5.26 Å². The minimum atomic E-state index is 0.569. The molecule has 84 valence electrons. The summed E-state index contributed by atoms with van der Waals surface area (Å²) < 4.78 is 0. The van der Waals surface area contributed by atoms with Crippen LogP contribution in [0.4, 0.5) is 0 Å². The normalized spacial score (nSPS) is 21.6. The van der Waals surface area contributed by atoms with E-state index < -0.39 is 0 Å². The van der Waals surface area contributed by atoms with Gasteiger partial charge in [0.05, 0.1) is 11.6 Å². The first-order valence-electron chi connectivity index (χ1n) is 5.73. The topological polar surface area (TPSA) is 39.1 Å². The monoisotopic (exact) mass is 215 g/mol. The van der Waals surface area contributed by atoms with Gasteiger partial charge < -0.3 is 5.32 Å². The smallest absolute Gasteiger partial charge is 0.0991 e. The molecule has 0 unspecified atom stereocenters. The van der Waals surface area contributed by atoms with Crippen LogP contribution in [0.25, 0.3) is 0 Å². The molecule has 1 N–H and O–H groups in total. The molecular formula is C13H17N3. The van der Waals surface area contributed by atoms with Gasteiger partial charge in [-0.05, 0) is 24.6 Å². The highest BCUT2D eigenvalue weighted by Crippen LogP contribution is 2.11. The van der Waals surface area contributed by atoms with Gasteiger partial charge in [0, 0.05) is 32.2 Å². The molecule has 1 aliphatic rings. The van der Waals surface area contributed by atoms with E-state index in [1.165, 1.54) is 5.56 Å². The van der Waals surface area contributed by atoms with Crippen LogP contribution in [0.5, 0.6) is 0 Å². The number of hydrogen-bond donors (Lipinski definition) is 1. The van der Waals surface area contributed by atoms with E-state index in [1.807, 2.05) is 18.2 Å². The molecule has 0 aliphatic carbocycles. The molecule has 3 nitrogen and oxygen atoms in total. The fourth-order valence-electron chi connectivity index (χ4n) is 2.09. The Morgan fingerprint density at radius 2 is 2.44 bits per heavy atom. The fourth-order valence-corrected chi connectivity index (χ4v) is 2.09. The maximum absolute atomic E-state index is 8.85. The van der Waals surface area contributed by atoms with Crippen molar-refractivity contribution in [3.63, 3.8) is 0 Å². The lowest BCUT2D eigenvalue weighted by molar-refractivity contribution is 0.165. The van der Waals surface area contributed by atoms with Gasteiger partial charge >= 0.3 is 0 Å². The Bertz CT molecular complexity index is 394. The van der Waals surface area contributed by atoms with Crippen molar-refractivity contribution in [3.05, 3.63) is 35.4 Å². The van der Waals surface area contributed by atoms with E-state index >= 15 is 0 Å². The first-order chi connectivity index (χ1) is 7.79. The minimum Gasteiger partial charge on any atom is -0.314 e. The Kier molecular flexibility index (Phi) is 3.55. The molecule has 16 heavy (non-hydrogen) atoms. The van der Waals surface area contributed by atoms with Crippen molar-refractivity contribution >= 4 is 0 Å². The van der Waals surface area contributed by atoms with Crippen LogP contribution in [-0.2, 0) is 6.54 Å². The number of nitrogens with zero attached hydrogens (tertiary/aromatic N) is 2. The molecule has 1 saturated heterocycles.